The average molecular weight is 347 g/mol. The fourth-order valence-electron chi connectivity index (χ4n) is 1.59. The van der Waals surface area contributed by atoms with Crippen LogP contribution >= 0.6 is 22.6 Å². The van der Waals surface area contributed by atoms with Crippen molar-refractivity contribution in [3.63, 3.8) is 0 Å². The van der Waals surface area contributed by atoms with E-state index in [0.29, 0.717) is 17.9 Å². The molecule has 0 bridgehead atoms. The predicted molar refractivity (Wildman–Crippen MR) is 77.0 cm³/mol. The van der Waals surface area contributed by atoms with Gasteiger partial charge in [-0.05, 0) is 53.1 Å². The van der Waals surface area contributed by atoms with Gasteiger partial charge in [-0.1, -0.05) is 19.9 Å². The third kappa shape index (κ3) is 4.63. The fourth-order valence-corrected chi connectivity index (χ4v) is 2.14. The highest BCUT2D eigenvalue weighted by Crippen LogP contribution is 2.10. The second-order valence-corrected chi connectivity index (χ2v) is 5.59. The Balaban J connectivity index is 2.70. The first kappa shape index (κ1) is 14.4. The Morgan fingerprint density at radius 1 is 1.47 bits per heavy atom. The molecule has 0 spiro atoms. The maximum Gasteiger partial charge on any atom is 0.251 e. The molecule has 1 aromatic carbocycles. The maximum absolute atomic E-state index is 12.0. The highest BCUT2D eigenvalue weighted by atomic mass is 127. The molecule has 0 aliphatic carbocycles. The van der Waals surface area contributed by atoms with Crippen LogP contribution in [0, 0.1) is 9.49 Å². The highest BCUT2D eigenvalue weighted by Gasteiger charge is 2.16. The molecule has 0 saturated heterocycles. The van der Waals surface area contributed by atoms with Crippen LogP contribution in [-0.2, 0) is 0 Å². The van der Waals surface area contributed by atoms with E-state index in [-0.39, 0.29) is 18.6 Å². The third-order valence-corrected chi connectivity index (χ3v) is 3.32. The molecule has 0 aliphatic heterocycles. The standard InChI is InChI=1S/C13H18INO2/c1-9(2)12(6-7-16)15-13(17)10-4-3-5-11(14)8-10/h3-5,8-9,12,16H,6-7H2,1-2H3,(H,15,17). The molecule has 0 aliphatic rings. The molecule has 4 heteroatoms. The maximum atomic E-state index is 12.0. The average Bonchev–Trinajstić information content (AvgIpc) is 2.28. The number of aliphatic hydroxyl groups excluding tert-OH is 1. The molecule has 1 rings (SSSR count). The molecule has 2 N–H and O–H groups in total. The molecular formula is C13H18INO2. The van der Waals surface area contributed by atoms with E-state index < -0.39 is 0 Å². The molecule has 1 amide bonds. The summed E-state index contributed by atoms with van der Waals surface area (Å²) in [5, 5.41) is 11.9. The van der Waals surface area contributed by atoms with Crippen LogP contribution in [0.2, 0.25) is 0 Å². The number of amides is 1. The van der Waals surface area contributed by atoms with Gasteiger partial charge in [0.2, 0.25) is 0 Å². The number of nitrogens with one attached hydrogen (secondary N) is 1. The lowest BCUT2D eigenvalue weighted by atomic mass is 10.0. The summed E-state index contributed by atoms with van der Waals surface area (Å²) in [5.41, 5.74) is 0.667. The zero-order chi connectivity index (χ0) is 12.8. The normalized spacial score (nSPS) is 12.5. The summed E-state index contributed by atoms with van der Waals surface area (Å²) in [6.07, 6.45) is 0.591. The van der Waals surface area contributed by atoms with Crippen LogP contribution in [0.4, 0.5) is 0 Å². The van der Waals surface area contributed by atoms with Gasteiger partial charge in [0.25, 0.3) is 5.91 Å². The molecule has 1 aromatic rings. The lowest BCUT2D eigenvalue weighted by Crippen LogP contribution is -2.39. The van der Waals surface area contributed by atoms with Crippen LogP contribution < -0.4 is 5.32 Å². The Morgan fingerprint density at radius 2 is 2.18 bits per heavy atom. The van der Waals surface area contributed by atoms with Crippen molar-refractivity contribution in [1.29, 1.82) is 0 Å². The van der Waals surface area contributed by atoms with E-state index in [1.54, 1.807) is 6.07 Å². The van der Waals surface area contributed by atoms with E-state index in [2.05, 4.69) is 27.9 Å². The lowest BCUT2D eigenvalue weighted by Gasteiger charge is -2.21. The summed E-state index contributed by atoms with van der Waals surface area (Å²) in [7, 11) is 0. The van der Waals surface area contributed by atoms with Gasteiger partial charge in [-0.15, -0.1) is 0 Å². The second-order valence-electron chi connectivity index (χ2n) is 4.35. The van der Waals surface area contributed by atoms with Crippen molar-refractivity contribution in [1.82, 2.24) is 5.32 Å². The van der Waals surface area contributed by atoms with E-state index in [1.807, 2.05) is 32.0 Å². The largest absolute Gasteiger partial charge is 0.396 e. The van der Waals surface area contributed by atoms with E-state index in [0.717, 1.165) is 3.57 Å². The number of rotatable bonds is 5. The van der Waals surface area contributed by atoms with Crippen molar-refractivity contribution in [2.24, 2.45) is 5.92 Å². The minimum Gasteiger partial charge on any atom is -0.396 e. The van der Waals surface area contributed by atoms with Gasteiger partial charge in [-0.3, -0.25) is 4.79 Å². The van der Waals surface area contributed by atoms with Gasteiger partial charge < -0.3 is 10.4 Å². The Bertz CT molecular complexity index is 379. The van der Waals surface area contributed by atoms with Gasteiger partial charge in [0.05, 0.1) is 0 Å². The Hall–Kier alpha value is -0.620. The molecular weight excluding hydrogens is 329 g/mol. The van der Waals surface area contributed by atoms with Crippen LogP contribution in [0.5, 0.6) is 0 Å². The lowest BCUT2D eigenvalue weighted by molar-refractivity contribution is 0.0916. The molecule has 94 valence electrons. The van der Waals surface area contributed by atoms with Crippen molar-refractivity contribution >= 4 is 28.5 Å². The quantitative estimate of drug-likeness (QED) is 0.804. The highest BCUT2D eigenvalue weighted by molar-refractivity contribution is 14.1. The summed E-state index contributed by atoms with van der Waals surface area (Å²) < 4.78 is 1.04. The second kappa shape index (κ2) is 6.96. The summed E-state index contributed by atoms with van der Waals surface area (Å²) in [6.45, 7) is 4.17. The number of hydrogen-bond acceptors (Lipinski definition) is 2. The minimum atomic E-state index is -0.0735. The molecule has 0 radical (unpaired) electrons. The van der Waals surface area contributed by atoms with Crippen LogP contribution in [0.25, 0.3) is 0 Å². The zero-order valence-electron chi connectivity index (χ0n) is 10.1. The first-order valence-corrected chi connectivity index (χ1v) is 6.79. The SMILES string of the molecule is CC(C)C(CCO)NC(=O)c1cccc(I)c1. The monoisotopic (exact) mass is 347 g/mol. The number of carbonyl (C=O) groups is 1. The van der Waals surface area contributed by atoms with Gasteiger partial charge in [0, 0.05) is 21.8 Å². The van der Waals surface area contributed by atoms with Gasteiger partial charge in [-0.2, -0.15) is 0 Å². The molecule has 0 saturated carbocycles. The smallest absolute Gasteiger partial charge is 0.251 e. The van der Waals surface area contributed by atoms with Crippen molar-refractivity contribution in [2.45, 2.75) is 26.3 Å². The summed E-state index contributed by atoms with van der Waals surface area (Å²) >= 11 is 2.18. The van der Waals surface area contributed by atoms with E-state index in [1.165, 1.54) is 0 Å². The molecule has 3 nitrogen and oxygen atoms in total. The minimum absolute atomic E-state index is 0.0189. The number of carbonyl (C=O) groups excluding carboxylic acids is 1. The van der Waals surface area contributed by atoms with Gasteiger partial charge in [-0.25, -0.2) is 0 Å². The number of hydrogen-bond donors (Lipinski definition) is 2. The summed E-state index contributed by atoms with van der Waals surface area (Å²) in [5.74, 6) is 0.240. The molecule has 0 heterocycles. The number of aliphatic hydroxyl groups is 1. The first-order chi connectivity index (χ1) is 8.04. The van der Waals surface area contributed by atoms with Gasteiger partial charge >= 0.3 is 0 Å². The van der Waals surface area contributed by atoms with E-state index in [9.17, 15) is 4.79 Å². The van der Waals surface area contributed by atoms with Gasteiger partial charge in [0.15, 0.2) is 0 Å². The van der Waals surface area contributed by atoms with E-state index >= 15 is 0 Å². The van der Waals surface area contributed by atoms with Crippen LogP contribution in [-0.4, -0.2) is 23.7 Å². The summed E-state index contributed by atoms with van der Waals surface area (Å²) in [6, 6.07) is 7.49. The van der Waals surface area contributed by atoms with Gasteiger partial charge in [0.1, 0.15) is 0 Å². The zero-order valence-corrected chi connectivity index (χ0v) is 12.3. The fraction of sp³-hybridized carbons (Fsp3) is 0.462. The third-order valence-electron chi connectivity index (χ3n) is 2.65. The topological polar surface area (TPSA) is 49.3 Å². The van der Waals surface area contributed by atoms with Crippen molar-refractivity contribution in [3.05, 3.63) is 33.4 Å². The van der Waals surface area contributed by atoms with Crippen molar-refractivity contribution in [2.75, 3.05) is 6.61 Å². The molecule has 0 fully saturated rings. The van der Waals surface area contributed by atoms with Crippen LogP contribution in [0.3, 0.4) is 0 Å². The molecule has 17 heavy (non-hydrogen) atoms. The van der Waals surface area contributed by atoms with E-state index in [4.69, 9.17) is 5.11 Å². The number of halogens is 1. The van der Waals surface area contributed by atoms with Crippen molar-refractivity contribution in [3.8, 4) is 0 Å². The summed E-state index contributed by atoms with van der Waals surface area (Å²) in [4.78, 5) is 12.0. The molecule has 1 atom stereocenters. The van der Waals surface area contributed by atoms with Crippen molar-refractivity contribution < 1.29 is 9.90 Å². The molecule has 0 aromatic heterocycles. The first-order valence-electron chi connectivity index (χ1n) is 5.72. The van der Waals surface area contributed by atoms with Crippen LogP contribution in [0.15, 0.2) is 24.3 Å². The number of benzene rings is 1. The molecule has 1 unspecified atom stereocenters. The Kier molecular flexibility index (Phi) is 5.91. The van der Waals surface area contributed by atoms with Crippen LogP contribution in [0.1, 0.15) is 30.6 Å². The predicted octanol–water partition coefficient (Wildman–Crippen LogP) is 2.43. The Labute approximate surface area is 116 Å². The Morgan fingerprint density at radius 3 is 2.71 bits per heavy atom.